The third-order valence-corrected chi connectivity index (χ3v) is 6.93. The summed E-state index contributed by atoms with van der Waals surface area (Å²) in [6.45, 7) is 7.24. The maximum absolute atomic E-state index is 13.7. The first kappa shape index (κ1) is 18.9. The molecule has 0 radical (unpaired) electrons. The number of likely N-dealkylation sites (tertiary alicyclic amines) is 3. The number of hydrogen-bond acceptors (Lipinski definition) is 3. The van der Waals surface area contributed by atoms with Crippen LogP contribution in [0, 0.1) is 0 Å². The van der Waals surface area contributed by atoms with Crippen LogP contribution in [-0.2, 0) is 11.3 Å². The van der Waals surface area contributed by atoms with Crippen molar-refractivity contribution < 1.29 is 4.79 Å². The standard InChI is InChI=1S/C23H35N3O/c27-22(25-14-6-2-7-15-25)23(26-16-8-3-9-17-26)12-18-24(19-13-23)20-21-10-4-1-5-11-21/h1,4-5,10-11H,2-3,6-9,12-20H2. The molecule has 0 aromatic heterocycles. The molecule has 0 bridgehead atoms. The van der Waals surface area contributed by atoms with E-state index in [4.69, 9.17) is 0 Å². The lowest BCUT2D eigenvalue weighted by Crippen LogP contribution is -2.65. The van der Waals surface area contributed by atoms with Gasteiger partial charge in [-0.3, -0.25) is 14.6 Å². The summed E-state index contributed by atoms with van der Waals surface area (Å²) < 4.78 is 0. The number of rotatable bonds is 4. The predicted octanol–water partition coefficient (Wildman–Crippen LogP) is 3.52. The molecule has 4 rings (SSSR count). The van der Waals surface area contributed by atoms with Gasteiger partial charge in [0, 0.05) is 32.7 Å². The summed E-state index contributed by atoms with van der Waals surface area (Å²) in [5.74, 6) is 0.448. The number of piperidine rings is 3. The van der Waals surface area contributed by atoms with Gasteiger partial charge in [0.1, 0.15) is 5.54 Å². The molecule has 1 aromatic carbocycles. The van der Waals surface area contributed by atoms with Gasteiger partial charge in [-0.2, -0.15) is 0 Å². The highest BCUT2D eigenvalue weighted by atomic mass is 16.2. The van der Waals surface area contributed by atoms with Crippen molar-refractivity contribution in [2.24, 2.45) is 0 Å². The van der Waals surface area contributed by atoms with E-state index in [-0.39, 0.29) is 5.54 Å². The zero-order valence-corrected chi connectivity index (χ0v) is 16.7. The Morgan fingerprint density at radius 1 is 0.778 bits per heavy atom. The SMILES string of the molecule is O=C(N1CCCCC1)C1(N2CCCCC2)CCN(Cc2ccccc2)CC1. The van der Waals surface area contributed by atoms with Gasteiger partial charge in [0.25, 0.3) is 0 Å². The topological polar surface area (TPSA) is 26.8 Å². The van der Waals surface area contributed by atoms with Crippen molar-refractivity contribution >= 4 is 5.91 Å². The first-order valence-electron chi connectivity index (χ1n) is 11.1. The molecule has 0 saturated carbocycles. The van der Waals surface area contributed by atoms with Crippen LogP contribution in [0.5, 0.6) is 0 Å². The van der Waals surface area contributed by atoms with Crippen molar-refractivity contribution in [3.05, 3.63) is 35.9 Å². The molecule has 27 heavy (non-hydrogen) atoms. The molecule has 0 atom stereocenters. The van der Waals surface area contributed by atoms with Gasteiger partial charge in [-0.1, -0.05) is 36.8 Å². The second kappa shape index (κ2) is 8.74. The predicted molar refractivity (Wildman–Crippen MR) is 110 cm³/mol. The number of amides is 1. The summed E-state index contributed by atoms with van der Waals surface area (Å²) in [5, 5.41) is 0. The number of carbonyl (C=O) groups excluding carboxylic acids is 1. The molecule has 3 fully saturated rings. The molecule has 4 heteroatoms. The third-order valence-electron chi connectivity index (χ3n) is 6.93. The smallest absolute Gasteiger partial charge is 0.243 e. The minimum Gasteiger partial charge on any atom is -0.341 e. The molecular formula is C23H35N3O. The zero-order chi connectivity index (χ0) is 18.5. The Bertz CT molecular complexity index is 597. The summed E-state index contributed by atoms with van der Waals surface area (Å²) in [6.07, 6.45) is 9.47. The van der Waals surface area contributed by atoms with Gasteiger partial charge in [0.15, 0.2) is 0 Å². The van der Waals surface area contributed by atoms with Crippen molar-refractivity contribution in [1.29, 1.82) is 0 Å². The van der Waals surface area contributed by atoms with Crippen LogP contribution in [-0.4, -0.2) is 65.4 Å². The number of nitrogens with zero attached hydrogens (tertiary/aromatic N) is 3. The van der Waals surface area contributed by atoms with Crippen LogP contribution in [0.2, 0.25) is 0 Å². The quantitative estimate of drug-likeness (QED) is 0.812. The second-order valence-corrected chi connectivity index (χ2v) is 8.69. The van der Waals surface area contributed by atoms with Crippen LogP contribution >= 0.6 is 0 Å². The Morgan fingerprint density at radius 2 is 1.37 bits per heavy atom. The van der Waals surface area contributed by atoms with Crippen LogP contribution in [0.3, 0.4) is 0 Å². The number of benzene rings is 1. The summed E-state index contributed by atoms with van der Waals surface area (Å²) in [7, 11) is 0. The van der Waals surface area contributed by atoms with Crippen molar-refractivity contribution in [2.45, 2.75) is 63.5 Å². The van der Waals surface area contributed by atoms with Gasteiger partial charge in [-0.05, 0) is 63.6 Å². The maximum Gasteiger partial charge on any atom is 0.243 e. The van der Waals surface area contributed by atoms with Crippen LogP contribution in [0.15, 0.2) is 30.3 Å². The fraction of sp³-hybridized carbons (Fsp3) is 0.696. The van der Waals surface area contributed by atoms with Gasteiger partial charge in [-0.25, -0.2) is 0 Å². The molecule has 0 spiro atoms. The molecule has 3 aliphatic rings. The molecule has 3 heterocycles. The Morgan fingerprint density at radius 3 is 2.00 bits per heavy atom. The molecule has 3 saturated heterocycles. The van der Waals surface area contributed by atoms with E-state index >= 15 is 0 Å². The lowest BCUT2D eigenvalue weighted by atomic mass is 9.82. The number of carbonyl (C=O) groups is 1. The lowest BCUT2D eigenvalue weighted by Gasteiger charge is -2.51. The van der Waals surface area contributed by atoms with Crippen molar-refractivity contribution in [3.8, 4) is 0 Å². The monoisotopic (exact) mass is 369 g/mol. The molecular weight excluding hydrogens is 334 g/mol. The highest BCUT2D eigenvalue weighted by Gasteiger charge is 2.48. The van der Waals surface area contributed by atoms with Gasteiger partial charge in [0.2, 0.25) is 5.91 Å². The zero-order valence-electron chi connectivity index (χ0n) is 16.7. The first-order valence-corrected chi connectivity index (χ1v) is 11.1. The van der Waals surface area contributed by atoms with E-state index in [1.807, 2.05) is 0 Å². The molecule has 4 nitrogen and oxygen atoms in total. The summed E-state index contributed by atoms with van der Waals surface area (Å²) >= 11 is 0. The third kappa shape index (κ3) is 4.22. The van der Waals surface area contributed by atoms with E-state index in [0.717, 1.165) is 58.7 Å². The van der Waals surface area contributed by atoms with Crippen molar-refractivity contribution in [3.63, 3.8) is 0 Å². The molecule has 1 aromatic rings. The van der Waals surface area contributed by atoms with Crippen molar-refractivity contribution in [1.82, 2.24) is 14.7 Å². The fourth-order valence-corrected chi connectivity index (χ4v) is 5.30. The van der Waals surface area contributed by atoms with Crippen LogP contribution < -0.4 is 0 Å². The second-order valence-electron chi connectivity index (χ2n) is 8.69. The lowest BCUT2D eigenvalue weighted by molar-refractivity contribution is -0.150. The molecule has 148 valence electrons. The minimum atomic E-state index is -0.231. The Balaban J connectivity index is 1.47. The molecule has 0 N–H and O–H groups in total. The first-order chi connectivity index (χ1) is 13.3. The van der Waals surface area contributed by atoms with E-state index in [0.29, 0.717) is 5.91 Å². The normalized spacial score (nSPS) is 24.7. The van der Waals surface area contributed by atoms with Crippen molar-refractivity contribution in [2.75, 3.05) is 39.3 Å². The molecule has 3 aliphatic heterocycles. The van der Waals surface area contributed by atoms with Gasteiger partial charge >= 0.3 is 0 Å². The van der Waals surface area contributed by atoms with E-state index in [1.165, 1.54) is 44.1 Å². The summed E-state index contributed by atoms with van der Waals surface area (Å²) in [6, 6.07) is 10.8. The Kier molecular flexibility index (Phi) is 6.14. The highest BCUT2D eigenvalue weighted by molar-refractivity contribution is 5.86. The van der Waals surface area contributed by atoms with E-state index < -0.39 is 0 Å². The van der Waals surface area contributed by atoms with E-state index in [1.54, 1.807) is 0 Å². The van der Waals surface area contributed by atoms with Gasteiger partial charge in [0.05, 0.1) is 0 Å². The largest absolute Gasteiger partial charge is 0.341 e. The fourth-order valence-electron chi connectivity index (χ4n) is 5.30. The Labute approximate surface area is 164 Å². The summed E-state index contributed by atoms with van der Waals surface area (Å²) in [4.78, 5) is 21.0. The number of hydrogen-bond donors (Lipinski definition) is 0. The molecule has 0 unspecified atom stereocenters. The average molecular weight is 370 g/mol. The van der Waals surface area contributed by atoms with Gasteiger partial charge in [-0.15, -0.1) is 0 Å². The maximum atomic E-state index is 13.7. The van der Waals surface area contributed by atoms with Crippen LogP contribution in [0.1, 0.15) is 56.9 Å². The molecule has 1 amide bonds. The molecule has 0 aliphatic carbocycles. The van der Waals surface area contributed by atoms with Crippen LogP contribution in [0.25, 0.3) is 0 Å². The Hall–Kier alpha value is -1.39. The van der Waals surface area contributed by atoms with E-state index in [9.17, 15) is 4.79 Å². The van der Waals surface area contributed by atoms with Crippen LogP contribution in [0.4, 0.5) is 0 Å². The van der Waals surface area contributed by atoms with E-state index in [2.05, 4.69) is 45.0 Å². The highest BCUT2D eigenvalue weighted by Crippen LogP contribution is 2.34. The minimum absolute atomic E-state index is 0.231. The summed E-state index contributed by atoms with van der Waals surface area (Å²) in [5.41, 5.74) is 1.15. The van der Waals surface area contributed by atoms with Gasteiger partial charge < -0.3 is 4.90 Å². The average Bonchev–Trinajstić information content (AvgIpc) is 2.76.